The smallest absolute Gasteiger partial charge is 0.270 e. The van der Waals surface area contributed by atoms with E-state index < -0.39 is 0 Å². The van der Waals surface area contributed by atoms with E-state index in [2.05, 4.69) is 22.2 Å². The molecule has 3 aromatic rings. The second-order valence-electron chi connectivity index (χ2n) is 5.98. The first kappa shape index (κ1) is 18.6. The van der Waals surface area contributed by atoms with Gasteiger partial charge in [0, 0.05) is 24.0 Å². The highest BCUT2D eigenvalue weighted by molar-refractivity contribution is 5.93. The summed E-state index contributed by atoms with van der Waals surface area (Å²) in [7, 11) is 0. The van der Waals surface area contributed by atoms with Crippen LogP contribution in [0.3, 0.4) is 0 Å². The number of halogens is 1. The summed E-state index contributed by atoms with van der Waals surface area (Å²) in [5, 5.41) is 2.86. The van der Waals surface area contributed by atoms with E-state index in [9.17, 15) is 9.18 Å². The Labute approximate surface area is 157 Å². The molecule has 1 N–H and O–H groups in total. The maximum absolute atomic E-state index is 13.1. The number of imidazole rings is 1. The van der Waals surface area contributed by atoms with Crippen LogP contribution >= 0.6 is 0 Å². The van der Waals surface area contributed by atoms with Crippen molar-refractivity contribution in [3.8, 4) is 11.6 Å². The molecule has 0 aliphatic carbocycles. The second-order valence-corrected chi connectivity index (χ2v) is 5.98. The zero-order valence-corrected chi connectivity index (χ0v) is 15.1. The fourth-order valence-corrected chi connectivity index (χ4v) is 2.54. The van der Waals surface area contributed by atoms with E-state index >= 15 is 0 Å². The van der Waals surface area contributed by atoms with Crippen molar-refractivity contribution >= 4 is 5.91 Å². The lowest BCUT2D eigenvalue weighted by atomic mass is 10.2. The number of nitrogens with zero attached hydrogens (tertiary/aromatic N) is 3. The molecule has 0 atom stereocenters. The van der Waals surface area contributed by atoms with Crippen molar-refractivity contribution in [2.45, 2.75) is 26.3 Å². The lowest BCUT2D eigenvalue weighted by Crippen LogP contribution is -2.25. The molecule has 0 aliphatic heterocycles. The average Bonchev–Trinajstić information content (AvgIpc) is 3.18. The number of aromatic nitrogens is 3. The second kappa shape index (κ2) is 8.93. The first-order chi connectivity index (χ1) is 13.2. The standard InChI is InChI=1S/C20H21FN4O2/c1-2-3-11-27-20-15(5-4-10-23-20)12-24-19(26)18-13-22-14-25(18)17-8-6-16(21)7-9-17/h4-10,13-14H,2-3,11-12H2,1H3,(H,24,26). The van der Waals surface area contributed by atoms with Crippen LogP contribution in [0.1, 0.15) is 35.8 Å². The molecule has 1 aromatic carbocycles. The van der Waals surface area contributed by atoms with Gasteiger partial charge in [0.1, 0.15) is 11.5 Å². The molecule has 0 spiro atoms. The molecule has 3 rings (SSSR count). The average molecular weight is 368 g/mol. The monoisotopic (exact) mass is 368 g/mol. The number of rotatable bonds is 8. The quantitative estimate of drug-likeness (QED) is 0.618. The number of ether oxygens (including phenoxy) is 1. The van der Waals surface area contributed by atoms with E-state index in [1.165, 1.54) is 24.7 Å². The molecule has 1 amide bonds. The summed E-state index contributed by atoms with van der Waals surface area (Å²) >= 11 is 0. The molecule has 6 nitrogen and oxygen atoms in total. The Bertz CT molecular complexity index is 893. The zero-order valence-electron chi connectivity index (χ0n) is 15.1. The summed E-state index contributed by atoms with van der Waals surface area (Å²) in [6.07, 6.45) is 6.63. The number of unbranched alkanes of at least 4 members (excludes halogenated alkanes) is 1. The zero-order chi connectivity index (χ0) is 19.1. The lowest BCUT2D eigenvalue weighted by Gasteiger charge is -2.12. The summed E-state index contributed by atoms with van der Waals surface area (Å²) in [6, 6.07) is 9.53. The Hall–Kier alpha value is -3.22. The highest BCUT2D eigenvalue weighted by Gasteiger charge is 2.14. The topological polar surface area (TPSA) is 69.0 Å². The Kier molecular flexibility index (Phi) is 6.14. The highest BCUT2D eigenvalue weighted by atomic mass is 19.1. The number of hydrogen-bond acceptors (Lipinski definition) is 4. The number of hydrogen-bond donors (Lipinski definition) is 1. The van der Waals surface area contributed by atoms with Gasteiger partial charge in [0.15, 0.2) is 0 Å². The van der Waals surface area contributed by atoms with Crippen molar-refractivity contribution in [3.63, 3.8) is 0 Å². The van der Waals surface area contributed by atoms with Gasteiger partial charge < -0.3 is 10.1 Å². The van der Waals surface area contributed by atoms with Crippen LogP contribution in [0.2, 0.25) is 0 Å². The molecule has 140 valence electrons. The largest absolute Gasteiger partial charge is 0.477 e. The van der Waals surface area contributed by atoms with Gasteiger partial charge in [-0.25, -0.2) is 14.4 Å². The van der Waals surface area contributed by atoms with Crippen LogP contribution in [0.4, 0.5) is 4.39 Å². The molecule has 0 unspecified atom stereocenters. The summed E-state index contributed by atoms with van der Waals surface area (Å²) in [5.41, 5.74) is 1.82. The van der Waals surface area contributed by atoms with Crippen LogP contribution in [0.25, 0.3) is 5.69 Å². The summed E-state index contributed by atoms with van der Waals surface area (Å²) < 4.78 is 20.4. The number of benzene rings is 1. The van der Waals surface area contributed by atoms with Gasteiger partial charge in [0.05, 0.1) is 19.1 Å². The molecule has 0 saturated heterocycles. The number of nitrogens with one attached hydrogen (secondary N) is 1. The molecule has 7 heteroatoms. The van der Waals surface area contributed by atoms with Crippen molar-refractivity contribution in [2.75, 3.05) is 6.61 Å². The van der Waals surface area contributed by atoms with Crippen molar-refractivity contribution in [1.82, 2.24) is 19.9 Å². The van der Waals surface area contributed by atoms with Crippen molar-refractivity contribution in [3.05, 3.63) is 72.2 Å². The van der Waals surface area contributed by atoms with Gasteiger partial charge in [0.2, 0.25) is 5.88 Å². The first-order valence-corrected chi connectivity index (χ1v) is 8.82. The SMILES string of the molecule is CCCCOc1ncccc1CNC(=O)c1cncn1-c1ccc(F)cc1. The predicted molar refractivity (Wildman–Crippen MR) is 99.3 cm³/mol. The molecule has 2 aromatic heterocycles. The predicted octanol–water partition coefficient (Wildman–Crippen LogP) is 3.52. The van der Waals surface area contributed by atoms with E-state index in [1.807, 2.05) is 6.07 Å². The number of amides is 1. The van der Waals surface area contributed by atoms with Crippen LogP contribution in [-0.4, -0.2) is 27.0 Å². The van der Waals surface area contributed by atoms with Crippen LogP contribution in [0.5, 0.6) is 5.88 Å². The summed E-state index contributed by atoms with van der Waals surface area (Å²) in [6.45, 7) is 2.96. The minimum atomic E-state index is -0.336. The van der Waals surface area contributed by atoms with Gasteiger partial charge in [0.25, 0.3) is 5.91 Å². The fraction of sp³-hybridized carbons (Fsp3) is 0.250. The Balaban J connectivity index is 1.69. The third-order valence-electron chi connectivity index (χ3n) is 4.00. The van der Waals surface area contributed by atoms with Crippen LogP contribution in [-0.2, 0) is 6.54 Å². The van der Waals surface area contributed by atoms with Crippen LogP contribution in [0, 0.1) is 5.82 Å². The van der Waals surface area contributed by atoms with Gasteiger partial charge >= 0.3 is 0 Å². The number of pyridine rings is 1. The van der Waals surface area contributed by atoms with Crippen molar-refractivity contribution in [1.29, 1.82) is 0 Å². The molecule has 0 aliphatic rings. The van der Waals surface area contributed by atoms with Crippen molar-refractivity contribution in [2.24, 2.45) is 0 Å². The van der Waals surface area contributed by atoms with Crippen molar-refractivity contribution < 1.29 is 13.9 Å². The van der Waals surface area contributed by atoms with E-state index in [0.717, 1.165) is 18.4 Å². The molecular weight excluding hydrogens is 347 g/mol. The number of carbonyl (C=O) groups is 1. The van der Waals surface area contributed by atoms with Crippen LogP contribution < -0.4 is 10.1 Å². The molecule has 0 bridgehead atoms. The molecule has 0 saturated carbocycles. The van der Waals surface area contributed by atoms with Gasteiger partial charge in [-0.15, -0.1) is 0 Å². The van der Waals surface area contributed by atoms with Crippen LogP contribution in [0.15, 0.2) is 55.1 Å². The Morgan fingerprint density at radius 3 is 2.85 bits per heavy atom. The molecule has 0 fully saturated rings. The van der Waals surface area contributed by atoms with Gasteiger partial charge in [-0.1, -0.05) is 19.4 Å². The highest BCUT2D eigenvalue weighted by Crippen LogP contribution is 2.16. The Morgan fingerprint density at radius 1 is 1.26 bits per heavy atom. The van der Waals surface area contributed by atoms with Gasteiger partial charge in [-0.05, 0) is 36.8 Å². The van der Waals surface area contributed by atoms with E-state index in [-0.39, 0.29) is 18.3 Å². The van der Waals surface area contributed by atoms with Gasteiger partial charge in [-0.2, -0.15) is 0 Å². The minimum absolute atomic E-state index is 0.280. The third kappa shape index (κ3) is 4.69. The maximum Gasteiger partial charge on any atom is 0.270 e. The molecule has 0 radical (unpaired) electrons. The Morgan fingerprint density at radius 2 is 2.07 bits per heavy atom. The van der Waals surface area contributed by atoms with Gasteiger partial charge in [-0.3, -0.25) is 9.36 Å². The summed E-state index contributed by atoms with van der Waals surface area (Å²) in [4.78, 5) is 20.9. The van der Waals surface area contributed by atoms with E-state index in [0.29, 0.717) is 23.9 Å². The molecule has 27 heavy (non-hydrogen) atoms. The minimum Gasteiger partial charge on any atom is -0.477 e. The van der Waals surface area contributed by atoms with E-state index in [4.69, 9.17) is 4.74 Å². The number of carbonyl (C=O) groups excluding carboxylic acids is 1. The maximum atomic E-state index is 13.1. The molecule has 2 heterocycles. The molecular formula is C20H21FN4O2. The van der Waals surface area contributed by atoms with E-state index in [1.54, 1.807) is 29.0 Å². The third-order valence-corrected chi connectivity index (χ3v) is 4.00. The normalized spacial score (nSPS) is 10.6. The lowest BCUT2D eigenvalue weighted by molar-refractivity contribution is 0.0943. The fourth-order valence-electron chi connectivity index (χ4n) is 2.54. The summed E-state index contributed by atoms with van der Waals surface area (Å²) in [5.74, 6) is -0.101. The first-order valence-electron chi connectivity index (χ1n) is 8.82.